The highest BCUT2D eigenvalue weighted by molar-refractivity contribution is 8.00. The van der Waals surface area contributed by atoms with Gasteiger partial charge in [0.1, 0.15) is 5.82 Å². The number of aromatic nitrogens is 2. The maximum absolute atomic E-state index is 4.37. The summed E-state index contributed by atoms with van der Waals surface area (Å²) < 4.78 is 5.32. The molecular weight excluding hydrogens is 202 g/mol. The standard InChI is InChI=1S/C8H15N3S2/c1-3-7-10-8(13-11-7)12-6-5-9-4-2/h9H,3-6H2,1-2H3. The second-order valence-electron chi connectivity index (χ2n) is 2.53. The van der Waals surface area contributed by atoms with Crippen molar-refractivity contribution >= 4 is 23.3 Å². The Morgan fingerprint density at radius 1 is 1.46 bits per heavy atom. The highest BCUT2D eigenvalue weighted by atomic mass is 32.2. The third kappa shape index (κ3) is 4.06. The molecule has 5 heteroatoms. The second-order valence-corrected chi connectivity index (χ2v) is 4.63. The summed E-state index contributed by atoms with van der Waals surface area (Å²) in [7, 11) is 0. The van der Waals surface area contributed by atoms with E-state index in [0.29, 0.717) is 0 Å². The molecule has 13 heavy (non-hydrogen) atoms. The fourth-order valence-electron chi connectivity index (χ4n) is 0.827. The van der Waals surface area contributed by atoms with E-state index >= 15 is 0 Å². The predicted molar refractivity (Wildman–Crippen MR) is 58.6 cm³/mol. The molecule has 0 radical (unpaired) electrons. The minimum atomic E-state index is 0.935. The molecule has 1 N–H and O–H groups in total. The van der Waals surface area contributed by atoms with Crippen LogP contribution in [0, 0.1) is 0 Å². The lowest BCUT2D eigenvalue weighted by molar-refractivity contribution is 0.768. The molecule has 0 spiro atoms. The molecule has 0 aliphatic rings. The molecule has 0 bridgehead atoms. The van der Waals surface area contributed by atoms with Crippen molar-refractivity contribution in [2.45, 2.75) is 24.6 Å². The van der Waals surface area contributed by atoms with Crippen molar-refractivity contribution in [3.63, 3.8) is 0 Å². The van der Waals surface area contributed by atoms with Crippen molar-refractivity contribution in [1.82, 2.24) is 14.7 Å². The topological polar surface area (TPSA) is 37.8 Å². The van der Waals surface area contributed by atoms with Gasteiger partial charge >= 0.3 is 0 Å². The van der Waals surface area contributed by atoms with Crippen LogP contribution in [0.25, 0.3) is 0 Å². The van der Waals surface area contributed by atoms with E-state index < -0.39 is 0 Å². The van der Waals surface area contributed by atoms with Crippen LogP contribution in [0.4, 0.5) is 0 Å². The van der Waals surface area contributed by atoms with Crippen molar-refractivity contribution in [3.05, 3.63) is 5.82 Å². The first-order valence-electron chi connectivity index (χ1n) is 4.53. The van der Waals surface area contributed by atoms with Crippen LogP contribution in [0.5, 0.6) is 0 Å². The Bertz CT molecular complexity index is 237. The zero-order chi connectivity index (χ0) is 9.52. The summed E-state index contributed by atoms with van der Waals surface area (Å²) in [4.78, 5) is 4.37. The number of hydrogen-bond donors (Lipinski definition) is 1. The summed E-state index contributed by atoms with van der Waals surface area (Å²) in [6, 6.07) is 0. The number of nitrogens with one attached hydrogen (secondary N) is 1. The van der Waals surface area contributed by atoms with Crippen LogP contribution in [0.2, 0.25) is 0 Å². The Hall–Kier alpha value is -0.130. The predicted octanol–water partition coefficient (Wildman–Crippen LogP) is 1.80. The van der Waals surface area contributed by atoms with E-state index in [2.05, 4.69) is 28.5 Å². The number of hydrogen-bond acceptors (Lipinski definition) is 5. The van der Waals surface area contributed by atoms with Gasteiger partial charge in [-0.05, 0) is 18.1 Å². The average molecular weight is 217 g/mol. The molecule has 0 atom stereocenters. The van der Waals surface area contributed by atoms with E-state index in [1.807, 2.05) is 0 Å². The Kier molecular flexibility index (Phi) is 5.34. The first-order valence-corrected chi connectivity index (χ1v) is 6.28. The van der Waals surface area contributed by atoms with Gasteiger partial charge in [-0.2, -0.15) is 4.37 Å². The van der Waals surface area contributed by atoms with Gasteiger partial charge in [0.2, 0.25) is 0 Å². The average Bonchev–Trinajstić information content (AvgIpc) is 2.60. The van der Waals surface area contributed by atoms with E-state index in [-0.39, 0.29) is 0 Å². The Balaban J connectivity index is 2.20. The van der Waals surface area contributed by atoms with Crippen LogP contribution in [0.15, 0.2) is 4.34 Å². The van der Waals surface area contributed by atoms with Gasteiger partial charge in [-0.25, -0.2) is 4.98 Å². The number of thioether (sulfide) groups is 1. The van der Waals surface area contributed by atoms with Crippen molar-refractivity contribution in [3.8, 4) is 0 Å². The summed E-state index contributed by atoms with van der Waals surface area (Å²) >= 11 is 3.29. The first kappa shape index (κ1) is 10.9. The van der Waals surface area contributed by atoms with E-state index in [0.717, 1.165) is 35.4 Å². The quantitative estimate of drug-likeness (QED) is 0.582. The molecule has 1 heterocycles. The fourth-order valence-corrected chi connectivity index (χ4v) is 2.49. The van der Waals surface area contributed by atoms with Gasteiger partial charge in [-0.15, -0.1) is 0 Å². The Labute approximate surface area is 87.5 Å². The van der Waals surface area contributed by atoms with Crippen LogP contribution in [0.3, 0.4) is 0 Å². The zero-order valence-electron chi connectivity index (χ0n) is 8.04. The maximum atomic E-state index is 4.37. The number of nitrogens with zero attached hydrogens (tertiary/aromatic N) is 2. The van der Waals surface area contributed by atoms with Gasteiger partial charge in [0.15, 0.2) is 4.34 Å². The van der Waals surface area contributed by atoms with Crippen LogP contribution < -0.4 is 5.32 Å². The van der Waals surface area contributed by atoms with Gasteiger partial charge in [-0.1, -0.05) is 25.6 Å². The number of aryl methyl sites for hydroxylation is 1. The highest BCUT2D eigenvalue weighted by Gasteiger charge is 2.01. The van der Waals surface area contributed by atoms with Crippen LogP contribution in [0.1, 0.15) is 19.7 Å². The molecule has 0 fully saturated rings. The molecule has 3 nitrogen and oxygen atoms in total. The molecule has 0 aromatic carbocycles. The molecular formula is C8H15N3S2. The normalized spacial score (nSPS) is 10.6. The van der Waals surface area contributed by atoms with Gasteiger partial charge in [-0.3, -0.25) is 0 Å². The Morgan fingerprint density at radius 3 is 2.92 bits per heavy atom. The number of rotatable bonds is 6. The largest absolute Gasteiger partial charge is 0.316 e. The molecule has 0 unspecified atom stereocenters. The molecule has 0 aliphatic heterocycles. The third-order valence-corrected chi connectivity index (χ3v) is 3.39. The van der Waals surface area contributed by atoms with Gasteiger partial charge in [0.25, 0.3) is 0 Å². The van der Waals surface area contributed by atoms with Crippen molar-refractivity contribution in [2.75, 3.05) is 18.8 Å². The molecule has 0 saturated carbocycles. The molecule has 1 rings (SSSR count). The minimum Gasteiger partial charge on any atom is -0.316 e. The van der Waals surface area contributed by atoms with Gasteiger partial charge in [0, 0.05) is 18.7 Å². The molecule has 0 aliphatic carbocycles. The summed E-state index contributed by atoms with van der Waals surface area (Å²) in [5, 5.41) is 3.27. The summed E-state index contributed by atoms with van der Waals surface area (Å²) in [6.07, 6.45) is 0.935. The summed E-state index contributed by atoms with van der Waals surface area (Å²) in [5.74, 6) is 2.04. The van der Waals surface area contributed by atoms with E-state index in [1.54, 1.807) is 11.8 Å². The maximum Gasteiger partial charge on any atom is 0.170 e. The Morgan fingerprint density at radius 2 is 2.31 bits per heavy atom. The third-order valence-electron chi connectivity index (χ3n) is 1.52. The fraction of sp³-hybridized carbons (Fsp3) is 0.750. The van der Waals surface area contributed by atoms with Gasteiger partial charge < -0.3 is 5.32 Å². The molecule has 74 valence electrons. The molecule has 1 aromatic heterocycles. The smallest absolute Gasteiger partial charge is 0.170 e. The monoisotopic (exact) mass is 217 g/mol. The van der Waals surface area contributed by atoms with E-state index in [1.165, 1.54) is 11.5 Å². The van der Waals surface area contributed by atoms with Crippen molar-refractivity contribution in [1.29, 1.82) is 0 Å². The summed E-state index contributed by atoms with van der Waals surface area (Å²) in [5.41, 5.74) is 0. The second kappa shape index (κ2) is 6.34. The zero-order valence-corrected chi connectivity index (χ0v) is 9.67. The lowest BCUT2D eigenvalue weighted by atomic mass is 10.5. The lowest BCUT2D eigenvalue weighted by Gasteiger charge is -1.97. The van der Waals surface area contributed by atoms with Crippen LogP contribution >= 0.6 is 23.3 Å². The molecule has 0 saturated heterocycles. The molecule has 1 aromatic rings. The van der Waals surface area contributed by atoms with Crippen molar-refractivity contribution < 1.29 is 0 Å². The first-order chi connectivity index (χ1) is 6.36. The van der Waals surface area contributed by atoms with Crippen molar-refractivity contribution in [2.24, 2.45) is 0 Å². The SMILES string of the molecule is CCNCCSc1nc(CC)ns1. The van der Waals surface area contributed by atoms with Gasteiger partial charge in [0.05, 0.1) is 0 Å². The summed E-state index contributed by atoms with van der Waals surface area (Å²) in [6.45, 7) is 6.28. The van der Waals surface area contributed by atoms with E-state index in [4.69, 9.17) is 0 Å². The lowest BCUT2D eigenvalue weighted by Crippen LogP contribution is -2.15. The molecule has 0 amide bonds. The highest BCUT2D eigenvalue weighted by Crippen LogP contribution is 2.19. The van der Waals surface area contributed by atoms with Crippen LogP contribution in [-0.2, 0) is 6.42 Å². The minimum absolute atomic E-state index is 0.935. The van der Waals surface area contributed by atoms with Crippen LogP contribution in [-0.4, -0.2) is 28.2 Å². The van der Waals surface area contributed by atoms with E-state index in [9.17, 15) is 0 Å².